The maximum absolute atomic E-state index is 12.6. The number of nitrogens with zero attached hydrogens (tertiary/aromatic N) is 2. The van der Waals surface area contributed by atoms with Crippen molar-refractivity contribution in [1.29, 1.82) is 0 Å². The van der Waals surface area contributed by atoms with E-state index in [9.17, 15) is 36.9 Å². The lowest BCUT2D eigenvalue weighted by Gasteiger charge is -2.11. The summed E-state index contributed by atoms with van der Waals surface area (Å²) in [4.78, 5) is 22.7. The van der Waals surface area contributed by atoms with Crippen molar-refractivity contribution in [3.8, 4) is 5.75 Å². The van der Waals surface area contributed by atoms with Gasteiger partial charge in [-0.05, 0) is 11.6 Å². The number of alkyl halides is 5. The second-order valence-electron chi connectivity index (χ2n) is 3.12. The van der Waals surface area contributed by atoms with Gasteiger partial charge in [0.15, 0.2) is 5.69 Å². The molecule has 0 saturated heterocycles. The summed E-state index contributed by atoms with van der Waals surface area (Å²) in [6.45, 7) is 0. The summed E-state index contributed by atoms with van der Waals surface area (Å²) >= 11 is 4.90. The van der Waals surface area contributed by atoms with Crippen LogP contribution in [0, 0.1) is 10.1 Å². The lowest BCUT2D eigenvalue weighted by molar-refractivity contribution is -0.390. The van der Waals surface area contributed by atoms with E-state index in [1.165, 1.54) is 0 Å². The van der Waals surface area contributed by atoms with E-state index in [0.29, 0.717) is 0 Å². The van der Waals surface area contributed by atoms with Crippen LogP contribution >= 0.6 is 11.6 Å². The zero-order chi connectivity index (χ0) is 15.7. The quantitative estimate of drug-likeness (QED) is 0.368. The molecule has 1 aromatic rings. The van der Waals surface area contributed by atoms with Crippen molar-refractivity contribution in [2.24, 2.45) is 0 Å². The maximum atomic E-state index is 12.6. The van der Waals surface area contributed by atoms with Gasteiger partial charge in [-0.2, -0.15) is 0 Å². The lowest BCUT2D eigenvalue weighted by Crippen LogP contribution is -2.19. The molecule has 0 atom stereocenters. The largest absolute Gasteiger partial charge is 0.573 e. The maximum Gasteiger partial charge on any atom is 0.573 e. The molecule has 0 fully saturated rings. The molecule has 1 rings (SSSR count). The number of carbonyl (C=O) groups is 1. The molecule has 0 aromatic carbocycles. The fourth-order valence-corrected chi connectivity index (χ4v) is 1.27. The Kier molecular flexibility index (Phi) is 4.43. The van der Waals surface area contributed by atoms with E-state index in [0.717, 1.165) is 0 Å². The minimum atomic E-state index is -5.39. The van der Waals surface area contributed by atoms with Crippen LogP contribution in [0.15, 0.2) is 6.07 Å². The van der Waals surface area contributed by atoms with E-state index < -0.39 is 45.8 Å². The van der Waals surface area contributed by atoms with Crippen LogP contribution in [0.2, 0.25) is 0 Å². The van der Waals surface area contributed by atoms with E-state index in [1.54, 1.807) is 0 Å². The molecular formula is C8H2ClF5N2O4. The monoisotopic (exact) mass is 320 g/mol. The molecule has 0 unspecified atom stereocenters. The molecule has 1 aromatic heterocycles. The van der Waals surface area contributed by atoms with E-state index >= 15 is 0 Å². The molecule has 0 radical (unpaired) electrons. The molecule has 20 heavy (non-hydrogen) atoms. The third-order valence-electron chi connectivity index (χ3n) is 1.80. The number of halogens is 6. The van der Waals surface area contributed by atoms with Crippen LogP contribution < -0.4 is 4.74 Å². The van der Waals surface area contributed by atoms with Crippen LogP contribution in [-0.4, -0.2) is 21.5 Å². The first-order chi connectivity index (χ1) is 9.03. The standard InChI is InChI=1S/C8H2ClF5N2O4/c9-6(17)2-1-3(20-8(12,13)14)5(16(18)19)4(15-2)7(10)11/h1,7H. The van der Waals surface area contributed by atoms with Crippen LogP contribution in [0.1, 0.15) is 22.6 Å². The topological polar surface area (TPSA) is 82.3 Å². The zero-order valence-corrected chi connectivity index (χ0v) is 9.71. The van der Waals surface area contributed by atoms with Gasteiger partial charge >= 0.3 is 12.0 Å². The lowest BCUT2D eigenvalue weighted by atomic mass is 10.2. The Morgan fingerprint density at radius 3 is 2.35 bits per heavy atom. The van der Waals surface area contributed by atoms with Crippen molar-refractivity contribution < 1.29 is 36.4 Å². The van der Waals surface area contributed by atoms with Crippen molar-refractivity contribution >= 4 is 22.5 Å². The second-order valence-corrected chi connectivity index (χ2v) is 3.46. The highest BCUT2D eigenvalue weighted by Gasteiger charge is 2.38. The molecule has 0 amide bonds. The first kappa shape index (κ1) is 16.0. The number of hydrogen-bond acceptors (Lipinski definition) is 5. The molecule has 0 N–H and O–H groups in total. The minimum absolute atomic E-state index is 0.160. The summed E-state index contributed by atoms with van der Waals surface area (Å²) < 4.78 is 64.7. The Balaban J connectivity index is 3.59. The van der Waals surface area contributed by atoms with Crippen molar-refractivity contribution in [2.75, 3.05) is 0 Å². The number of ether oxygens (including phenoxy) is 1. The fourth-order valence-electron chi connectivity index (χ4n) is 1.17. The Bertz CT molecular complexity index is 563. The first-order valence-corrected chi connectivity index (χ1v) is 4.83. The highest BCUT2D eigenvalue weighted by atomic mass is 35.5. The zero-order valence-electron chi connectivity index (χ0n) is 8.95. The van der Waals surface area contributed by atoms with Gasteiger partial charge in [0.05, 0.1) is 4.92 Å². The Morgan fingerprint density at radius 2 is 2.00 bits per heavy atom. The average Bonchev–Trinajstić information content (AvgIpc) is 2.24. The molecule has 12 heteroatoms. The van der Waals surface area contributed by atoms with Gasteiger partial charge in [0.25, 0.3) is 11.7 Å². The van der Waals surface area contributed by atoms with Crippen molar-refractivity contribution in [2.45, 2.75) is 12.8 Å². The third-order valence-corrected chi connectivity index (χ3v) is 1.99. The van der Waals surface area contributed by atoms with Crippen LogP contribution in [0.5, 0.6) is 5.75 Å². The van der Waals surface area contributed by atoms with E-state index in [4.69, 9.17) is 11.6 Å². The summed E-state index contributed by atoms with van der Waals surface area (Å²) in [5.41, 5.74) is -4.38. The molecule has 0 saturated carbocycles. The van der Waals surface area contributed by atoms with Crippen LogP contribution in [-0.2, 0) is 0 Å². The number of rotatable bonds is 4. The van der Waals surface area contributed by atoms with Gasteiger partial charge in [0, 0.05) is 6.07 Å². The molecule has 6 nitrogen and oxygen atoms in total. The summed E-state index contributed by atoms with van der Waals surface area (Å²) in [5, 5.41) is 9.10. The molecule has 110 valence electrons. The molecule has 1 heterocycles. The summed E-state index contributed by atoms with van der Waals surface area (Å²) in [6.07, 6.45) is -9.00. The molecule has 0 spiro atoms. The smallest absolute Gasteiger partial charge is 0.398 e. The number of hydrogen-bond donors (Lipinski definition) is 0. The van der Waals surface area contributed by atoms with Crippen LogP contribution in [0.4, 0.5) is 27.6 Å². The number of carbonyl (C=O) groups excluding carboxylic acids is 1. The first-order valence-electron chi connectivity index (χ1n) is 4.46. The summed E-state index contributed by atoms with van der Waals surface area (Å²) in [5.74, 6) is -1.60. The minimum Gasteiger partial charge on any atom is -0.398 e. The Morgan fingerprint density at radius 1 is 1.45 bits per heavy atom. The van der Waals surface area contributed by atoms with Gasteiger partial charge in [-0.25, -0.2) is 13.8 Å². The predicted molar refractivity (Wildman–Crippen MR) is 52.7 cm³/mol. The second kappa shape index (κ2) is 5.53. The SMILES string of the molecule is O=C(Cl)c1cc(OC(F)(F)F)c([N+](=O)[O-])c(C(F)F)n1. The Labute approximate surface area is 111 Å². The van der Waals surface area contributed by atoms with E-state index in [1.807, 2.05) is 0 Å². The van der Waals surface area contributed by atoms with Gasteiger partial charge < -0.3 is 4.74 Å². The molecule has 0 bridgehead atoms. The van der Waals surface area contributed by atoms with E-state index in [2.05, 4.69) is 9.72 Å². The van der Waals surface area contributed by atoms with Gasteiger partial charge in [0.2, 0.25) is 5.75 Å². The predicted octanol–water partition coefficient (Wildman–Crippen LogP) is 3.21. The van der Waals surface area contributed by atoms with Crippen molar-refractivity contribution in [3.63, 3.8) is 0 Å². The van der Waals surface area contributed by atoms with Gasteiger partial charge in [0.1, 0.15) is 5.69 Å². The van der Waals surface area contributed by atoms with Crippen molar-refractivity contribution in [1.82, 2.24) is 4.98 Å². The number of aromatic nitrogens is 1. The molecule has 0 aliphatic carbocycles. The van der Waals surface area contributed by atoms with Crippen LogP contribution in [0.3, 0.4) is 0 Å². The van der Waals surface area contributed by atoms with Crippen LogP contribution in [0.25, 0.3) is 0 Å². The van der Waals surface area contributed by atoms with Crippen molar-refractivity contribution in [3.05, 3.63) is 27.6 Å². The third kappa shape index (κ3) is 3.73. The number of nitro groups is 1. The molecular weight excluding hydrogens is 319 g/mol. The average molecular weight is 321 g/mol. The van der Waals surface area contributed by atoms with Gasteiger partial charge in [-0.15, -0.1) is 13.2 Å². The molecule has 0 aliphatic heterocycles. The van der Waals surface area contributed by atoms with E-state index in [-0.39, 0.29) is 6.07 Å². The molecule has 0 aliphatic rings. The number of pyridine rings is 1. The summed E-state index contributed by atoms with van der Waals surface area (Å²) in [7, 11) is 0. The fraction of sp³-hybridized carbons (Fsp3) is 0.250. The Hall–Kier alpha value is -2.04. The van der Waals surface area contributed by atoms with Gasteiger partial charge in [-0.3, -0.25) is 14.9 Å². The normalized spacial score (nSPS) is 11.6. The highest BCUT2D eigenvalue weighted by molar-refractivity contribution is 6.67. The summed E-state index contributed by atoms with van der Waals surface area (Å²) in [6, 6.07) is 0.160. The van der Waals surface area contributed by atoms with Gasteiger partial charge in [-0.1, -0.05) is 0 Å². The highest BCUT2D eigenvalue weighted by Crippen LogP contribution is 2.38.